The molecule has 144 valence electrons. The molecule has 5 heteroatoms. The molecule has 4 rings (SSSR count). The first-order chi connectivity index (χ1) is 13.9. The molecule has 0 N–H and O–H groups in total. The molecule has 0 aliphatic heterocycles. The number of hydrogen-bond acceptors (Lipinski definition) is 4. The number of carbonyl (C=O) groups is 2. The van der Waals surface area contributed by atoms with Crippen LogP contribution in [0.3, 0.4) is 0 Å². The summed E-state index contributed by atoms with van der Waals surface area (Å²) in [6.07, 6.45) is 0. The van der Waals surface area contributed by atoms with Crippen LogP contribution >= 0.6 is 0 Å². The van der Waals surface area contributed by atoms with E-state index in [2.05, 4.69) is 0 Å². The standard InChI is InChI=1S/C12H9NO3.C12H10O/c1-8(14)10-6-2-4-9-5-3-7-11(12(9)10)13(15)16;1-9(13)11-8-4-6-10-5-2-3-7-12(10)11/h2-7H,1H3;2-8H,1H3. The van der Waals surface area contributed by atoms with Gasteiger partial charge in [-0.25, -0.2) is 0 Å². The number of ketones is 2. The Morgan fingerprint density at radius 1 is 0.690 bits per heavy atom. The minimum absolute atomic E-state index is 0.0247. The lowest BCUT2D eigenvalue weighted by atomic mass is 10.0. The van der Waals surface area contributed by atoms with E-state index in [1.54, 1.807) is 37.3 Å². The fourth-order valence-electron chi connectivity index (χ4n) is 3.30. The van der Waals surface area contributed by atoms with E-state index < -0.39 is 4.92 Å². The van der Waals surface area contributed by atoms with Gasteiger partial charge in [0.2, 0.25) is 0 Å². The van der Waals surface area contributed by atoms with Gasteiger partial charge < -0.3 is 0 Å². The summed E-state index contributed by atoms with van der Waals surface area (Å²) in [7, 11) is 0. The maximum Gasteiger partial charge on any atom is 0.277 e. The van der Waals surface area contributed by atoms with Gasteiger partial charge >= 0.3 is 0 Å². The molecule has 0 unspecified atom stereocenters. The van der Waals surface area contributed by atoms with Crippen LogP contribution in [0.15, 0.2) is 78.9 Å². The zero-order valence-corrected chi connectivity index (χ0v) is 16.1. The molecule has 0 spiro atoms. The van der Waals surface area contributed by atoms with Crippen molar-refractivity contribution in [2.24, 2.45) is 0 Å². The summed E-state index contributed by atoms with van der Waals surface area (Å²) in [5.41, 5.74) is 1.17. The highest BCUT2D eigenvalue weighted by atomic mass is 16.6. The van der Waals surface area contributed by atoms with Gasteiger partial charge in [-0.15, -0.1) is 0 Å². The molecule has 0 radical (unpaired) electrons. The summed E-state index contributed by atoms with van der Waals surface area (Å²) >= 11 is 0. The molecule has 0 bridgehead atoms. The smallest absolute Gasteiger partial charge is 0.277 e. The molecule has 0 saturated carbocycles. The van der Waals surface area contributed by atoms with Crippen molar-refractivity contribution in [2.75, 3.05) is 0 Å². The number of nitro groups is 1. The van der Waals surface area contributed by atoms with Crippen molar-refractivity contribution in [3.05, 3.63) is 100 Å². The quantitative estimate of drug-likeness (QED) is 0.246. The molecular weight excluding hydrogens is 366 g/mol. The van der Waals surface area contributed by atoms with Gasteiger partial charge in [-0.2, -0.15) is 0 Å². The lowest BCUT2D eigenvalue weighted by Gasteiger charge is -2.03. The van der Waals surface area contributed by atoms with Crippen molar-refractivity contribution >= 4 is 38.8 Å². The number of Topliss-reactive ketones (excluding diaryl/α,β-unsaturated/α-hetero) is 2. The van der Waals surface area contributed by atoms with Crippen molar-refractivity contribution in [1.82, 2.24) is 0 Å². The Morgan fingerprint density at radius 2 is 1.21 bits per heavy atom. The minimum atomic E-state index is -0.464. The number of fused-ring (bicyclic) bond motifs is 2. The van der Waals surface area contributed by atoms with E-state index in [1.165, 1.54) is 13.0 Å². The van der Waals surface area contributed by atoms with Gasteiger partial charge in [0, 0.05) is 17.2 Å². The van der Waals surface area contributed by atoms with Crippen LogP contribution in [-0.2, 0) is 0 Å². The molecule has 0 atom stereocenters. The van der Waals surface area contributed by atoms with Gasteiger partial charge in [-0.3, -0.25) is 19.7 Å². The topological polar surface area (TPSA) is 77.3 Å². The Hall–Kier alpha value is -3.86. The number of rotatable bonds is 3. The van der Waals surface area contributed by atoms with Crippen LogP contribution < -0.4 is 0 Å². The molecule has 4 aromatic carbocycles. The second-order valence-electron chi connectivity index (χ2n) is 6.58. The third-order valence-electron chi connectivity index (χ3n) is 4.63. The van der Waals surface area contributed by atoms with Crippen LogP contribution in [0.5, 0.6) is 0 Å². The molecule has 0 aliphatic carbocycles. The molecule has 0 fully saturated rings. The van der Waals surface area contributed by atoms with E-state index >= 15 is 0 Å². The second-order valence-corrected chi connectivity index (χ2v) is 6.58. The summed E-state index contributed by atoms with van der Waals surface area (Å²) in [6.45, 7) is 3.01. The molecule has 0 aromatic heterocycles. The Labute approximate surface area is 167 Å². The molecule has 29 heavy (non-hydrogen) atoms. The number of carbonyl (C=O) groups excluding carboxylic acids is 2. The largest absolute Gasteiger partial charge is 0.294 e. The first-order valence-electron chi connectivity index (χ1n) is 9.06. The van der Waals surface area contributed by atoms with Crippen LogP contribution in [-0.4, -0.2) is 16.5 Å². The summed E-state index contributed by atoms with van der Waals surface area (Å²) < 4.78 is 0. The van der Waals surface area contributed by atoms with E-state index in [0.29, 0.717) is 16.3 Å². The molecule has 0 amide bonds. The van der Waals surface area contributed by atoms with E-state index in [9.17, 15) is 19.7 Å². The highest BCUT2D eigenvalue weighted by molar-refractivity contribution is 6.10. The monoisotopic (exact) mass is 385 g/mol. The summed E-state index contributed by atoms with van der Waals surface area (Å²) in [6, 6.07) is 23.6. The van der Waals surface area contributed by atoms with Crippen molar-refractivity contribution in [2.45, 2.75) is 13.8 Å². The number of nitro benzene ring substituents is 1. The Bertz CT molecular complexity index is 1190. The molecule has 4 aromatic rings. The molecular formula is C24H19NO4. The van der Waals surface area contributed by atoms with Crippen LogP contribution in [0.2, 0.25) is 0 Å². The van der Waals surface area contributed by atoms with Crippen molar-refractivity contribution in [3.63, 3.8) is 0 Å². The SMILES string of the molecule is CC(=O)c1cccc2cccc([N+](=O)[O-])c12.CC(=O)c1cccc2ccccc12. The van der Waals surface area contributed by atoms with Gasteiger partial charge in [0.05, 0.1) is 10.3 Å². The van der Waals surface area contributed by atoms with Gasteiger partial charge in [0.15, 0.2) is 11.6 Å². The van der Waals surface area contributed by atoms with E-state index in [0.717, 1.165) is 16.3 Å². The summed E-state index contributed by atoms with van der Waals surface area (Å²) in [5.74, 6) is -0.0447. The average Bonchev–Trinajstić information content (AvgIpc) is 2.72. The maximum atomic E-state index is 11.4. The molecule has 0 saturated heterocycles. The third-order valence-corrected chi connectivity index (χ3v) is 4.63. The maximum absolute atomic E-state index is 11.4. The lowest BCUT2D eigenvalue weighted by Crippen LogP contribution is -1.97. The first kappa shape index (κ1) is 19.9. The van der Waals surface area contributed by atoms with Gasteiger partial charge in [-0.05, 0) is 30.0 Å². The Balaban J connectivity index is 0.000000169. The predicted octanol–water partition coefficient (Wildman–Crippen LogP) is 5.99. The van der Waals surface area contributed by atoms with Crippen molar-refractivity contribution in [1.29, 1.82) is 0 Å². The van der Waals surface area contributed by atoms with E-state index in [4.69, 9.17) is 0 Å². The normalized spacial score (nSPS) is 10.3. The van der Waals surface area contributed by atoms with E-state index in [-0.39, 0.29) is 17.3 Å². The van der Waals surface area contributed by atoms with Crippen LogP contribution in [0, 0.1) is 10.1 Å². The lowest BCUT2D eigenvalue weighted by molar-refractivity contribution is -0.383. The highest BCUT2D eigenvalue weighted by Gasteiger charge is 2.16. The Morgan fingerprint density at radius 3 is 1.83 bits per heavy atom. The third kappa shape index (κ3) is 4.19. The summed E-state index contributed by atoms with van der Waals surface area (Å²) in [4.78, 5) is 33.1. The first-order valence-corrected chi connectivity index (χ1v) is 9.06. The number of benzene rings is 4. The number of non-ortho nitro benzene ring substituents is 1. The highest BCUT2D eigenvalue weighted by Crippen LogP contribution is 2.28. The van der Waals surface area contributed by atoms with Crippen LogP contribution in [0.25, 0.3) is 21.5 Å². The van der Waals surface area contributed by atoms with Crippen molar-refractivity contribution in [3.8, 4) is 0 Å². The zero-order chi connectivity index (χ0) is 21.0. The molecule has 0 aliphatic rings. The molecule has 5 nitrogen and oxygen atoms in total. The number of nitrogens with zero attached hydrogens (tertiary/aromatic N) is 1. The van der Waals surface area contributed by atoms with Gasteiger partial charge in [0.25, 0.3) is 5.69 Å². The van der Waals surface area contributed by atoms with Crippen molar-refractivity contribution < 1.29 is 14.5 Å². The van der Waals surface area contributed by atoms with Crippen LogP contribution in [0.1, 0.15) is 34.6 Å². The summed E-state index contributed by atoms with van der Waals surface area (Å²) in [5, 5.41) is 14.2. The zero-order valence-electron chi connectivity index (χ0n) is 16.1. The predicted molar refractivity (Wildman–Crippen MR) is 115 cm³/mol. The fraction of sp³-hybridized carbons (Fsp3) is 0.0833. The van der Waals surface area contributed by atoms with Gasteiger partial charge in [-0.1, -0.05) is 72.8 Å². The second kappa shape index (κ2) is 8.44. The Kier molecular flexibility index (Phi) is 5.79. The minimum Gasteiger partial charge on any atom is -0.294 e. The fourth-order valence-corrected chi connectivity index (χ4v) is 3.30. The van der Waals surface area contributed by atoms with Crippen LogP contribution in [0.4, 0.5) is 5.69 Å². The molecule has 0 heterocycles. The van der Waals surface area contributed by atoms with Gasteiger partial charge in [0.1, 0.15) is 0 Å². The average molecular weight is 385 g/mol. The number of hydrogen-bond donors (Lipinski definition) is 0. The van der Waals surface area contributed by atoms with E-state index in [1.807, 2.05) is 42.5 Å².